The van der Waals surface area contributed by atoms with Crippen LogP contribution < -0.4 is 19.9 Å². The number of carbonyl (C=O) groups excluding carboxylic acids is 3. The number of methoxy groups -OCH3 is 2. The maximum absolute atomic E-state index is 14.8. The van der Waals surface area contributed by atoms with Gasteiger partial charge in [0.15, 0.2) is 5.60 Å². The second kappa shape index (κ2) is 16.2. The van der Waals surface area contributed by atoms with Crippen molar-refractivity contribution in [3.8, 4) is 5.75 Å². The van der Waals surface area contributed by atoms with Crippen molar-refractivity contribution in [1.29, 1.82) is 0 Å². The van der Waals surface area contributed by atoms with Gasteiger partial charge in [-0.15, -0.1) is 0 Å². The highest BCUT2D eigenvalue weighted by Gasteiger charge is 2.51. The predicted octanol–water partition coefficient (Wildman–Crippen LogP) is 5.26. The fraction of sp³-hybridized carbons (Fsp3) is 0.651. The monoisotopic (exact) mass is 762 g/mol. The van der Waals surface area contributed by atoms with Crippen molar-refractivity contribution in [3.63, 3.8) is 0 Å². The number of hydrogen-bond donors (Lipinski definition) is 2. The molecule has 2 saturated heterocycles. The van der Waals surface area contributed by atoms with Gasteiger partial charge < -0.3 is 39.2 Å². The number of Topliss-reactive ketones (excluding diaryl/α,β-unsaturated/α-hetero) is 1. The van der Waals surface area contributed by atoms with Crippen LogP contribution in [0, 0.1) is 11.8 Å². The fourth-order valence-electron chi connectivity index (χ4n) is 8.38. The Morgan fingerprint density at radius 2 is 1.73 bits per heavy atom. The van der Waals surface area contributed by atoms with Gasteiger partial charge in [0.05, 0.1) is 22.8 Å². The SMILES string of the molecule is COCCCN1C(=O)C(C)(C)Oc2ccc(N(C(=O)[C@@H]3C[C@H](C(=O)CC4NC4C(c4ccccc4)C(C)(C)OC)CN(C(O)OC(C)(C)C)C3)C3CC3)cc21. The number of aliphatic hydroxyl groups is 1. The highest BCUT2D eigenvalue weighted by molar-refractivity contribution is 6.04. The van der Waals surface area contributed by atoms with Gasteiger partial charge in [0.25, 0.3) is 5.91 Å². The summed E-state index contributed by atoms with van der Waals surface area (Å²) in [6.07, 6.45) is 1.75. The van der Waals surface area contributed by atoms with E-state index >= 15 is 0 Å². The largest absolute Gasteiger partial charge is 0.476 e. The molecule has 4 unspecified atom stereocenters. The molecule has 12 heteroatoms. The second-order valence-electron chi connectivity index (χ2n) is 17.8. The molecule has 0 bridgehead atoms. The molecule has 0 aromatic heterocycles. The Bertz CT molecular complexity index is 1690. The summed E-state index contributed by atoms with van der Waals surface area (Å²) >= 11 is 0. The molecule has 12 nitrogen and oxygen atoms in total. The Morgan fingerprint density at radius 3 is 2.36 bits per heavy atom. The zero-order valence-electron chi connectivity index (χ0n) is 34.2. The number of nitrogens with zero attached hydrogens (tertiary/aromatic N) is 3. The molecule has 0 radical (unpaired) electrons. The van der Waals surface area contributed by atoms with Crippen LogP contribution in [0.3, 0.4) is 0 Å². The average Bonchev–Trinajstić information content (AvgIpc) is 4.08. The molecule has 1 saturated carbocycles. The Balaban J connectivity index is 1.24. The van der Waals surface area contributed by atoms with Gasteiger partial charge in [0.2, 0.25) is 12.3 Å². The molecule has 2 aromatic rings. The first kappa shape index (κ1) is 41.2. The number of nitrogens with one attached hydrogen (secondary N) is 1. The number of hydrogen-bond acceptors (Lipinski definition) is 10. The molecule has 2 aromatic carbocycles. The van der Waals surface area contributed by atoms with Gasteiger partial charge in [-0.05, 0) is 97.9 Å². The number of anilines is 2. The van der Waals surface area contributed by atoms with E-state index in [0.29, 0.717) is 49.5 Å². The normalized spacial score (nSPS) is 25.1. The standard InChI is InChI=1S/C43H62N4O8/c1-41(2,3)55-40(51)45-25-28(34(48)24-32-37(44-32)36(42(4,5)53-9)27-14-11-10-12-15-27)22-29(26-45)38(49)47(30-16-17-30)31-18-19-35-33(23-31)46(20-13-21-52-8)39(50)43(6,7)54-35/h10-12,14-15,18-19,23,28-30,32,36-37,40,44,51H,13,16-17,20-22,24-26H2,1-9H3/t28-,29+,32?,36?,37?,40?/m0/s1. The Kier molecular flexibility index (Phi) is 12.2. The zero-order chi connectivity index (χ0) is 39.9. The number of rotatable bonds is 16. The molecule has 1 aliphatic carbocycles. The van der Waals surface area contributed by atoms with Crippen molar-refractivity contribution < 1.29 is 38.4 Å². The lowest BCUT2D eigenvalue weighted by atomic mass is 9.79. The van der Waals surface area contributed by atoms with E-state index in [-0.39, 0.29) is 54.7 Å². The van der Waals surface area contributed by atoms with Crippen molar-refractivity contribution in [1.82, 2.24) is 10.2 Å². The summed E-state index contributed by atoms with van der Waals surface area (Å²) < 4.78 is 23.4. The lowest BCUT2D eigenvalue weighted by Gasteiger charge is -2.42. The first-order chi connectivity index (χ1) is 25.9. The first-order valence-corrected chi connectivity index (χ1v) is 19.9. The van der Waals surface area contributed by atoms with Crippen LogP contribution in [-0.4, -0.2) is 109 Å². The first-order valence-electron chi connectivity index (χ1n) is 19.9. The van der Waals surface area contributed by atoms with E-state index in [2.05, 4.69) is 31.3 Å². The number of likely N-dealkylation sites (tertiary alicyclic amines) is 1. The topological polar surface area (TPSA) is 140 Å². The van der Waals surface area contributed by atoms with Gasteiger partial charge in [0, 0.05) is 82.5 Å². The van der Waals surface area contributed by atoms with Crippen molar-refractivity contribution in [2.45, 2.75) is 128 Å². The molecule has 6 rings (SSSR count). The van der Waals surface area contributed by atoms with Crippen molar-refractivity contribution in [3.05, 3.63) is 54.1 Å². The number of benzene rings is 2. The van der Waals surface area contributed by atoms with E-state index in [4.69, 9.17) is 18.9 Å². The number of ketones is 1. The number of fused-ring (bicyclic) bond motifs is 1. The highest BCUT2D eigenvalue weighted by atomic mass is 16.6. The highest BCUT2D eigenvalue weighted by Crippen LogP contribution is 2.44. The molecule has 3 aliphatic heterocycles. The fourth-order valence-corrected chi connectivity index (χ4v) is 8.38. The molecule has 3 fully saturated rings. The molecule has 55 heavy (non-hydrogen) atoms. The van der Waals surface area contributed by atoms with Crippen molar-refractivity contribution in [2.24, 2.45) is 11.8 Å². The number of aliphatic hydroxyl groups excluding tert-OH is 1. The summed E-state index contributed by atoms with van der Waals surface area (Å²) in [6.45, 7) is 14.8. The second-order valence-corrected chi connectivity index (χ2v) is 17.8. The summed E-state index contributed by atoms with van der Waals surface area (Å²) in [5.74, 6) is -0.630. The minimum Gasteiger partial charge on any atom is -0.476 e. The van der Waals surface area contributed by atoms with Crippen LogP contribution in [0.4, 0.5) is 11.4 Å². The van der Waals surface area contributed by atoms with E-state index in [1.54, 1.807) is 37.9 Å². The minimum atomic E-state index is -1.28. The van der Waals surface area contributed by atoms with Gasteiger partial charge in [-0.1, -0.05) is 30.3 Å². The van der Waals surface area contributed by atoms with Crippen LogP contribution in [0.5, 0.6) is 5.75 Å². The van der Waals surface area contributed by atoms with Crippen LogP contribution in [0.15, 0.2) is 48.5 Å². The molecular formula is C43H62N4O8. The molecule has 0 spiro atoms. The molecule has 4 aliphatic rings. The van der Waals surface area contributed by atoms with Gasteiger partial charge >= 0.3 is 0 Å². The summed E-state index contributed by atoms with van der Waals surface area (Å²) in [7, 11) is 3.36. The number of amides is 2. The van der Waals surface area contributed by atoms with E-state index < -0.39 is 35.1 Å². The van der Waals surface area contributed by atoms with Crippen molar-refractivity contribution in [2.75, 3.05) is 50.3 Å². The van der Waals surface area contributed by atoms with Crippen LogP contribution in [0.1, 0.15) is 92.1 Å². The molecule has 3 heterocycles. The number of ether oxygens (including phenoxy) is 4. The lowest BCUT2D eigenvalue weighted by Crippen LogP contribution is -2.54. The van der Waals surface area contributed by atoms with Gasteiger partial charge in [-0.3, -0.25) is 19.3 Å². The molecular weight excluding hydrogens is 700 g/mol. The summed E-state index contributed by atoms with van der Waals surface area (Å²) in [4.78, 5) is 48.0. The van der Waals surface area contributed by atoms with Crippen LogP contribution in [-0.2, 0) is 28.6 Å². The smallest absolute Gasteiger partial charge is 0.270 e. The maximum atomic E-state index is 14.8. The Hall–Kier alpha value is -3.39. The lowest BCUT2D eigenvalue weighted by molar-refractivity contribution is -0.247. The van der Waals surface area contributed by atoms with E-state index in [0.717, 1.165) is 18.4 Å². The van der Waals surface area contributed by atoms with Gasteiger partial charge in [-0.2, -0.15) is 0 Å². The Morgan fingerprint density at radius 1 is 1.04 bits per heavy atom. The van der Waals surface area contributed by atoms with E-state index in [1.165, 1.54) is 0 Å². The van der Waals surface area contributed by atoms with Crippen LogP contribution in [0.2, 0.25) is 0 Å². The molecule has 6 atom stereocenters. The third kappa shape index (κ3) is 9.43. The van der Waals surface area contributed by atoms with E-state index in [1.807, 2.05) is 62.1 Å². The van der Waals surface area contributed by atoms with Gasteiger partial charge in [-0.25, -0.2) is 0 Å². The third-order valence-electron chi connectivity index (χ3n) is 11.5. The van der Waals surface area contributed by atoms with Crippen LogP contribution >= 0.6 is 0 Å². The predicted molar refractivity (Wildman–Crippen MR) is 211 cm³/mol. The van der Waals surface area contributed by atoms with Gasteiger partial charge in [0.1, 0.15) is 11.5 Å². The molecule has 2 amide bonds. The zero-order valence-corrected chi connectivity index (χ0v) is 34.2. The summed E-state index contributed by atoms with van der Waals surface area (Å²) in [5, 5.41) is 14.9. The van der Waals surface area contributed by atoms with E-state index in [9.17, 15) is 19.5 Å². The quantitative estimate of drug-likeness (QED) is 0.132. The van der Waals surface area contributed by atoms with Crippen LogP contribution in [0.25, 0.3) is 0 Å². The number of carbonyl (C=O) groups is 3. The Labute approximate surface area is 326 Å². The average molecular weight is 763 g/mol. The summed E-state index contributed by atoms with van der Waals surface area (Å²) in [6, 6.07) is 15.9. The number of piperidine rings is 1. The maximum Gasteiger partial charge on any atom is 0.270 e. The third-order valence-corrected chi connectivity index (χ3v) is 11.5. The minimum absolute atomic E-state index is 0.0000921. The molecule has 2 N–H and O–H groups in total. The molecule has 302 valence electrons. The van der Waals surface area contributed by atoms with Crippen molar-refractivity contribution >= 4 is 29.0 Å². The summed E-state index contributed by atoms with van der Waals surface area (Å²) in [5.41, 5.74) is 0.315.